The van der Waals surface area contributed by atoms with E-state index in [2.05, 4.69) is 16.1 Å². The summed E-state index contributed by atoms with van der Waals surface area (Å²) in [6.45, 7) is 5.34. The molecule has 1 aromatic carbocycles. The number of hydrogen-bond donors (Lipinski definition) is 1. The predicted molar refractivity (Wildman–Crippen MR) is 80.6 cm³/mol. The molecule has 0 saturated heterocycles. The molecule has 126 valence electrons. The van der Waals surface area contributed by atoms with E-state index in [0.29, 0.717) is 5.56 Å². The first-order valence-electron chi connectivity index (χ1n) is 6.33. The molecule has 0 bridgehead atoms. The Morgan fingerprint density at radius 1 is 1.13 bits per heavy atom. The molecule has 23 heavy (non-hydrogen) atoms. The Bertz CT molecular complexity index is 694. The molecule has 1 unspecified atom stereocenters. The van der Waals surface area contributed by atoms with Crippen molar-refractivity contribution in [1.29, 1.82) is 0 Å². The molecule has 1 amide bonds. The van der Waals surface area contributed by atoms with Crippen molar-refractivity contribution in [3.63, 3.8) is 0 Å². The highest BCUT2D eigenvalue weighted by molar-refractivity contribution is 7.85. The summed E-state index contributed by atoms with van der Waals surface area (Å²) in [5.41, 5.74) is 1.03. The summed E-state index contributed by atoms with van der Waals surface area (Å²) in [5, 5.41) is 0. The van der Waals surface area contributed by atoms with Crippen LogP contribution in [0.2, 0.25) is 0 Å². The third kappa shape index (κ3) is 5.38. The van der Waals surface area contributed by atoms with Crippen molar-refractivity contribution in [3.8, 4) is 0 Å². The highest BCUT2D eigenvalue weighted by Gasteiger charge is 2.29. The molecule has 1 atom stereocenters. The monoisotopic (exact) mass is 343 g/mol. The normalized spacial score (nSPS) is 12.1. The van der Waals surface area contributed by atoms with Gasteiger partial charge in [-0.25, -0.2) is 13.8 Å². The van der Waals surface area contributed by atoms with E-state index in [4.69, 9.17) is 4.18 Å². The number of nitrogens with one attached hydrogen (secondary N) is 1. The van der Waals surface area contributed by atoms with Crippen LogP contribution in [0, 0.1) is 6.92 Å². The molecule has 0 spiro atoms. The molecular weight excluding hydrogens is 326 g/mol. The first-order valence-corrected chi connectivity index (χ1v) is 7.73. The van der Waals surface area contributed by atoms with Crippen molar-refractivity contribution in [1.82, 2.24) is 4.72 Å². The van der Waals surface area contributed by atoms with Crippen LogP contribution in [0.4, 0.5) is 4.79 Å². The summed E-state index contributed by atoms with van der Waals surface area (Å²) >= 11 is 0. The Kier molecular flexibility index (Phi) is 6.28. The lowest BCUT2D eigenvalue weighted by atomic mass is 10.0. The number of ether oxygens (including phenoxy) is 2. The van der Waals surface area contributed by atoms with E-state index < -0.39 is 28.5 Å². The van der Waals surface area contributed by atoms with Gasteiger partial charge in [0.15, 0.2) is 0 Å². The second kappa shape index (κ2) is 7.75. The van der Waals surface area contributed by atoms with Crippen molar-refractivity contribution >= 4 is 22.4 Å². The smallest absolute Gasteiger partial charge is 0.422 e. The van der Waals surface area contributed by atoms with Gasteiger partial charge >= 0.3 is 22.4 Å². The predicted octanol–water partition coefficient (Wildman–Crippen LogP) is 1.38. The fourth-order valence-electron chi connectivity index (χ4n) is 1.59. The number of carbonyl (C=O) groups excluding carboxylic acids is 2. The van der Waals surface area contributed by atoms with Crippen LogP contribution in [-0.2, 0) is 28.8 Å². The highest BCUT2D eigenvalue weighted by Crippen LogP contribution is 2.27. The average molecular weight is 343 g/mol. The molecule has 9 heteroatoms. The standard InChI is InChI=1S/C14H17NO7S/c1-9-5-7-11(8-6-9)12(10(2)13(16)20-3)22-23(18,19)15-14(17)21-4/h5-8,12H,2H2,1,3-4H3,(H,15,17). The third-order valence-electron chi connectivity index (χ3n) is 2.76. The van der Waals surface area contributed by atoms with Gasteiger partial charge in [-0.2, -0.15) is 13.1 Å². The van der Waals surface area contributed by atoms with E-state index >= 15 is 0 Å². The largest absolute Gasteiger partial charge is 0.466 e. The minimum atomic E-state index is -4.53. The first kappa shape index (κ1) is 18.7. The van der Waals surface area contributed by atoms with E-state index in [1.54, 1.807) is 24.3 Å². The van der Waals surface area contributed by atoms with Crippen LogP contribution in [0.15, 0.2) is 36.4 Å². The first-order chi connectivity index (χ1) is 10.7. The Balaban J connectivity index is 3.14. The van der Waals surface area contributed by atoms with E-state index in [1.165, 1.54) is 4.72 Å². The molecule has 0 fully saturated rings. The number of methoxy groups -OCH3 is 2. The van der Waals surface area contributed by atoms with Gasteiger partial charge in [-0.05, 0) is 12.5 Å². The Morgan fingerprint density at radius 3 is 2.17 bits per heavy atom. The van der Waals surface area contributed by atoms with Gasteiger partial charge in [-0.15, -0.1) is 0 Å². The van der Waals surface area contributed by atoms with E-state index in [1.807, 2.05) is 6.92 Å². The van der Waals surface area contributed by atoms with Crippen molar-refractivity contribution < 1.29 is 31.7 Å². The van der Waals surface area contributed by atoms with Gasteiger partial charge in [0.1, 0.15) is 6.10 Å². The Hall–Kier alpha value is -2.39. The maximum atomic E-state index is 11.8. The van der Waals surface area contributed by atoms with Crippen LogP contribution >= 0.6 is 0 Å². The van der Waals surface area contributed by atoms with Crippen molar-refractivity contribution in [2.24, 2.45) is 0 Å². The van der Waals surface area contributed by atoms with Crippen LogP contribution in [0.1, 0.15) is 17.2 Å². The fourth-order valence-corrected chi connectivity index (χ4v) is 2.40. The van der Waals surface area contributed by atoms with Crippen molar-refractivity contribution in [2.45, 2.75) is 13.0 Å². The molecule has 1 aromatic rings. The van der Waals surface area contributed by atoms with Crippen molar-refractivity contribution in [3.05, 3.63) is 47.5 Å². The number of esters is 1. The van der Waals surface area contributed by atoms with Gasteiger partial charge in [0.05, 0.1) is 19.8 Å². The topological polar surface area (TPSA) is 108 Å². The van der Waals surface area contributed by atoms with Gasteiger partial charge < -0.3 is 9.47 Å². The van der Waals surface area contributed by atoms with Gasteiger partial charge in [0.25, 0.3) is 0 Å². The number of carbonyl (C=O) groups is 2. The lowest BCUT2D eigenvalue weighted by Gasteiger charge is -2.19. The fraction of sp³-hybridized carbons (Fsp3) is 0.286. The molecule has 1 rings (SSSR count). The quantitative estimate of drug-likeness (QED) is 0.614. The van der Waals surface area contributed by atoms with Gasteiger partial charge in [0.2, 0.25) is 0 Å². The molecule has 0 radical (unpaired) electrons. The van der Waals surface area contributed by atoms with Crippen LogP contribution < -0.4 is 4.72 Å². The summed E-state index contributed by atoms with van der Waals surface area (Å²) < 4.78 is 38.8. The zero-order valence-corrected chi connectivity index (χ0v) is 13.7. The summed E-state index contributed by atoms with van der Waals surface area (Å²) in [6.07, 6.45) is -2.58. The van der Waals surface area contributed by atoms with Crippen LogP contribution in [0.5, 0.6) is 0 Å². The molecule has 0 aliphatic carbocycles. The average Bonchev–Trinajstić information content (AvgIpc) is 2.51. The zero-order chi connectivity index (χ0) is 17.6. The van der Waals surface area contributed by atoms with E-state index in [0.717, 1.165) is 19.8 Å². The summed E-state index contributed by atoms with van der Waals surface area (Å²) in [4.78, 5) is 22.7. The molecule has 0 aliphatic heterocycles. The highest BCUT2D eigenvalue weighted by atomic mass is 32.2. The zero-order valence-electron chi connectivity index (χ0n) is 12.9. The molecule has 8 nitrogen and oxygen atoms in total. The summed E-state index contributed by atoms with van der Waals surface area (Å²) in [6, 6.07) is 6.55. The third-order valence-corrected chi connectivity index (χ3v) is 3.62. The number of hydrogen-bond acceptors (Lipinski definition) is 7. The lowest BCUT2D eigenvalue weighted by Crippen LogP contribution is -2.33. The molecular formula is C14H17NO7S. The van der Waals surface area contributed by atoms with Crippen LogP contribution in [-0.4, -0.2) is 34.7 Å². The Labute approximate surface area is 134 Å². The molecule has 0 saturated carbocycles. The second-order valence-corrected chi connectivity index (χ2v) is 5.76. The maximum Gasteiger partial charge on any atom is 0.422 e. The number of aryl methyl sites for hydroxylation is 1. The number of rotatable bonds is 6. The molecule has 0 heterocycles. The van der Waals surface area contributed by atoms with Crippen molar-refractivity contribution in [2.75, 3.05) is 14.2 Å². The van der Waals surface area contributed by atoms with Crippen LogP contribution in [0.3, 0.4) is 0 Å². The molecule has 0 aromatic heterocycles. The maximum absolute atomic E-state index is 11.8. The molecule has 0 aliphatic rings. The Morgan fingerprint density at radius 2 is 1.70 bits per heavy atom. The second-order valence-electron chi connectivity index (χ2n) is 4.45. The van der Waals surface area contributed by atoms with Gasteiger partial charge in [-0.1, -0.05) is 36.4 Å². The lowest BCUT2D eigenvalue weighted by molar-refractivity contribution is -0.137. The van der Waals surface area contributed by atoms with Crippen LogP contribution in [0.25, 0.3) is 0 Å². The summed E-state index contributed by atoms with van der Waals surface area (Å²) in [5.74, 6) is -0.844. The van der Waals surface area contributed by atoms with E-state index in [9.17, 15) is 18.0 Å². The number of benzene rings is 1. The summed E-state index contributed by atoms with van der Waals surface area (Å²) in [7, 11) is -2.41. The SMILES string of the molecule is C=C(C(=O)OC)C(OS(=O)(=O)NC(=O)OC)c1ccc(C)cc1. The minimum Gasteiger partial charge on any atom is -0.466 e. The van der Waals surface area contributed by atoms with Gasteiger partial charge in [-0.3, -0.25) is 0 Å². The molecule has 1 N–H and O–H groups in total. The van der Waals surface area contributed by atoms with Gasteiger partial charge in [0, 0.05) is 0 Å². The number of amides is 1. The minimum absolute atomic E-state index is 0.244. The van der Waals surface area contributed by atoms with E-state index in [-0.39, 0.29) is 5.57 Å².